The second-order valence-electron chi connectivity index (χ2n) is 5.05. The summed E-state index contributed by atoms with van der Waals surface area (Å²) in [5.74, 6) is 0.392. The average Bonchev–Trinajstić information content (AvgIpc) is 2.47. The lowest BCUT2D eigenvalue weighted by atomic mass is 10.0. The summed E-state index contributed by atoms with van der Waals surface area (Å²) in [6.07, 6.45) is 1.34. The zero-order chi connectivity index (χ0) is 15.5. The molecule has 0 bridgehead atoms. The predicted octanol–water partition coefficient (Wildman–Crippen LogP) is 2.50. The van der Waals surface area contributed by atoms with Gasteiger partial charge in [-0.3, -0.25) is 4.72 Å². The molecule has 6 heteroatoms. The third kappa shape index (κ3) is 3.80. The Morgan fingerprint density at radius 2 is 1.81 bits per heavy atom. The Morgan fingerprint density at radius 1 is 1.14 bits per heavy atom. The zero-order valence-corrected chi connectivity index (χ0v) is 12.8. The van der Waals surface area contributed by atoms with Crippen molar-refractivity contribution in [3.63, 3.8) is 0 Å². The van der Waals surface area contributed by atoms with Crippen molar-refractivity contribution in [2.75, 3.05) is 4.72 Å². The normalized spacial score (nSPS) is 11.6. The number of aromatic nitrogens is 1. The fourth-order valence-electron chi connectivity index (χ4n) is 1.81. The number of aliphatic hydroxyl groups excluding tert-OH is 1. The molecule has 2 aromatic rings. The summed E-state index contributed by atoms with van der Waals surface area (Å²) in [4.78, 5) is 3.85. The van der Waals surface area contributed by atoms with Gasteiger partial charge in [0.2, 0.25) is 0 Å². The first-order valence-electron chi connectivity index (χ1n) is 6.61. The molecule has 2 rings (SSSR count). The molecule has 0 aliphatic heterocycles. The number of nitrogens with one attached hydrogen (secondary N) is 1. The van der Waals surface area contributed by atoms with Crippen LogP contribution in [0.3, 0.4) is 0 Å². The Kier molecular flexibility index (Phi) is 4.59. The topological polar surface area (TPSA) is 79.3 Å². The van der Waals surface area contributed by atoms with Gasteiger partial charge < -0.3 is 5.11 Å². The fraction of sp³-hybridized carbons (Fsp3) is 0.267. The van der Waals surface area contributed by atoms with Gasteiger partial charge in [0.15, 0.2) is 5.03 Å². The Morgan fingerprint density at radius 3 is 2.29 bits per heavy atom. The standard InChI is InChI=1S/C15H18N2O3S/c1-11(2)13-4-6-14(7-5-13)17-21(19,20)15-8-3-12(10-18)9-16-15/h3-9,11,17-18H,10H2,1-2H3. The Balaban J connectivity index is 2.19. The van der Waals surface area contributed by atoms with Gasteiger partial charge in [0.05, 0.1) is 6.61 Å². The van der Waals surface area contributed by atoms with Gasteiger partial charge in [-0.2, -0.15) is 8.42 Å². The SMILES string of the molecule is CC(C)c1ccc(NS(=O)(=O)c2ccc(CO)cn2)cc1. The van der Waals surface area contributed by atoms with Crippen molar-refractivity contribution in [3.05, 3.63) is 53.7 Å². The van der Waals surface area contributed by atoms with E-state index in [2.05, 4.69) is 23.6 Å². The number of aliphatic hydroxyl groups is 1. The van der Waals surface area contributed by atoms with E-state index in [0.29, 0.717) is 17.2 Å². The summed E-state index contributed by atoms with van der Waals surface area (Å²) in [5, 5.41) is 8.86. The number of hydrogen-bond acceptors (Lipinski definition) is 4. The highest BCUT2D eigenvalue weighted by atomic mass is 32.2. The first-order chi connectivity index (χ1) is 9.92. The molecule has 1 aromatic heterocycles. The maximum absolute atomic E-state index is 12.2. The second kappa shape index (κ2) is 6.24. The van der Waals surface area contributed by atoms with Crippen molar-refractivity contribution in [1.82, 2.24) is 4.98 Å². The van der Waals surface area contributed by atoms with Gasteiger partial charge in [0.25, 0.3) is 10.0 Å². The highest BCUT2D eigenvalue weighted by Gasteiger charge is 2.15. The zero-order valence-electron chi connectivity index (χ0n) is 11.9. The van der Waals surface area contributed by atoms with E-state index < -0.39 is 10.0 Å². The maximum Gasteiger partial charge on any atom is 0.279 e. The van der Waals surface area contributed by atoms with Crippen LogP contribution in [0.15, 0.2) is 47.6 Å². The first-order valence-corrected chi connectivity index (χ1v) is 8.09. The van der Waals surface area contributed by atoms with Crippen LogP contribution < -0.4 is 4.72 Å². The minimum Gasteiger partial charge on any atom is -0.392 e. The smallest absolute Gasteiger partial charge is 0.279 e. The summed E-state index contributed by atoms with van der Waals surface area (Å²) in [6.45, 7) is 3.98. The van der Waals surface area contributed by atoms with Crippen molar-refractivity contribution in [1.29, 1.82) is 0 Å². The summed E-state index contributed by atoms with van der Waals surface area (Å²) in [7, 11) is -3.71. The van der Waals surface area contributed by atoms with Gasteiger partial charge in [-0.15, -0.1) is 0 Å². The minimum atomic E-state index is -3.71. The average molecular weight is 306 g/mol. The van der Waals surface area contributed by atoms with Gasteiger partial charge in [-0.25, -0.2) is 4.98 Å². The largest absolute Gasteiger partial charge is 0.392 e. The predicted molar refractivity (Wildman–Crippen MR) is 81.5 cm³/mol. The molecule has 0 aliphatic carbocycles. The molecule has 0 unspecified atom stereocenters. The molecule has 1 aromatic carbocycles. The van der Waals surface area contributed by atoms with Crippen molar-refractivity contribution >= 4 is 15.7 Å². The molecule has 0 fully saturated rings. The van der Waals surface area contributed by atoms with Crippen molar-refractivity contribution in [2.24, 2.45) is 0 Å². The van der Waals surface area contributed by atoms with E-state index in [1.807, 2.05) is 12.1 Å². The lowest BCUT2D eigenvalue weighted by Crippen LogP contribution is -2.14. The number of rotatable bonds is 5. The Hall–Kier alpha value is -1.92. The summed E-state index contributed by atoms with van der Waals surface area (Å²) < 4.78 is 26.9. The first kappa shape index (κ1) is 15.5. The summed E-state index contributed by atoms with van der Waals surface area (Å²) >= 11 is 0. The molecule has 0 spiro atoms. The molecular formula is C15H18N2O3S. The number of anilines is 1. The van der Waals surface area contributed by atoms with Crippen LogP contribution in [0, 0.1) is 0 Å². The van der Waals surface area contributed by atoms with Crippen LogP contribution in [0.4, 0.5) is 5.69 Å². The third-order valence-electron chi connectivity index (χ3n) is 3.09. The third-order valence-corrected chi connectivity index (χ3v) is 4.38. The van der Waals surface area contributed by atoms with Crippen LogP contribution in [0.5, 0.6) is 0 Å². The maximum atomic E-state index is 12.2. The van der Waals surface area contributed by atoms with E-state index >= 15 is 0 Å². The summed E-state index contributed by atoms with van der Waals surface area (Å²) in [5.41, 5.74) is 2.20. The highest BCUT2D eigenvalue weighted by Crippen LogP contribution is 2.19. The van der Waals surface area contributed by atoms with Gasteiger partial charge in [0.1, 0.15) is 0 Å². The number of benzene rings is 1. The van der Waals surface area contributed by atoms with Crippen LogP contribution in [0.25, 0.3) is 0 Å². The van der Waals surface area contributed by atoms with Gasteiger partial charge in [-0.05, 0) is 35.2 Å². The number of nitrogens with zero attached hydrogens (tertiary/aromatic N) is 1. The lowest BCUT2D eigenvalue weighted by molar-refractivity contribution is 0.281. The molecule has 0 aliphatic rings. The molecule has 0 saturated carbocycles. The molecule has 112 valence electrons. The van der Waals surface area contributed by atoms with Crippen LogP contribution in [0.2, 0.25) is 0 Å². The number of pyridine rings is 1. The van der Waals surface area contributed by atoms with Crippen molar-refractivity contribution in [2.45, 2.75) is 31.4 Å². The summed E-state index contributed by atoms with van der Waals surface area (Å²) in [6, 6.07) is 10.2. The van der Waals surface area contributed by atoms with Gasteiger partial charge in [0, 0.05) is 11.9 Å². The Bertz CT molecular complexity index is 693. The quantitative estimate of drug-likeness (QED) is 0.889. The lowest BCUT2D eigenvalue weighted by Gasteiger charge is -2.10. The highest BCUT2D eigenvalue weighted by molar-refractivity contribution is 7.92. The fourth-order valence-corrected chi connectivity index (χ4v) is 2.80. The van der Waals surface area contributed by atoms with Crippen LogP contribution in [0.1, 0.15) is 30.9 Å². The van der Waals surface area contributed by atoms with Crippen molar-refractivity contribution < 1.29 is 13.5 Å². The molecule has 2 N–H and O–H groups in total. The molecule has 0 saturated heterocycles. The van der Waals surface area contributed by atoms with Gasteiger partial charge >= 0.3 is 0 Å². The molecule has 1 heterocycles. The van der Waals surface area contributed by atoms with Crippen LogP contribution in [-0.2, 0) is 16.6 Å². The van der Waals surface area contributed by atoms with E-state index in [4.69, 9.17) is 5.11 Å². The number of hydrogen-bond donors (Lipinski definition) is 2. The molecule has 21 heavy (non-hydrogen) atoms. The molecular weight excluding hydrogens is 288 g/mol. The molecule has 0 atom stereocenters. The van der Waals surface area contributed by atoms with E-state index in [1.54, 1.807) is 12.1 Å². The van der Waals surface area contributed by atoms with E-state index in [9.17, 15) is 8.42 Å². The Labute approximate surface area is 124 Å². The van der Waals surface area contributed by atoms with E-state index in [1.165, 1.54) is 18.3 Å². The van der Waals surface area contributed by atoms with E-state index in [0.717, 1.165) is 5.56 Å². The second-order valence-corrected chi connectivity index (χ2v) is 6.67. The molecule has 0 radical (unpaired) electrons. The van der Waals surface area contributed by atoms with Crippen LogP contribution >= 0.6 is 0 Å². The number of sulfonamides is 1. The van der Waals surface area contributed by atoms with Crippen LogP contribution in [-0.4, -0.2) is 18.5 Å². The van der Waals surface area contributed by atoms with E-state index in [-0.39, 0.29) is 11.6 Å². The molecule has 5 nitrogen and oxygen atoms in total. The molecule has 0 amide bonds. The minimum absolute atomic E-state index is 0.0763. The van der Waals surface area contributed by atoms with Gasteiger partial charge in [-0.1, -0.05) is 32.0 Å². The van der Waals surface area contributed by atoms with Crippen molar-refractivity contribution in [3.8, 4) is 0 Å². The monoisotopic (exact) mass is 306 g/mol.